The van der Waals surface area contributed by atoms with Gasteiger partial charge in [0.1, 0.15) is 18.1 Å². The molecule has 1 aliphatic rings. The van der Waals surface area contributed by atoms with Crippen molar-refractivity contribution in [3.05, 3.63) is 36.8 Å². The van der Waals surface area contributed by atoms with Gasteiger partial charge in [0.15, 0.2) is 5.65 Å². The van der Waals surface area contributed by atoms with Crippen LogP contribution in [0, 0.1) is 0 Å². The highest BCUT2D eigenvalue weighted by Gasteiger charge is 2.30. The van der Waals surface area contributed by atoms with E-state index in [1.54, 1.807) is 23.6 Å². The number of pyridine rings is 1. The minimum Gasteiger partial charge on any atom is -0.365 e. The molecule has 0 aromatic carbocycles. The van der Waals surface area contributed by atoms with Gasteiger partial charge in [0.05, 0.1) is 17.6 Å². The predicted octanol–water partition coefficient (Wildman–Crippen LogP) is 3.64. The first-order valence-electron chi connectivity index (χ1n) is 11.8. The second kappa shape index (κ2) is 10.1. The number of hydrogen-bond donors (Lipinski definition) is 1. The molecule has 34 heavy (non-hydrogen) atoms. The maximum Gasteiger partial charge on any atom is 0.213 e. The van der Waals surface area contributed by atoms with Crippen molar-refractivity contribution in [2.75, 3.05) is 30.8 Å². The third-order valence-electron chi connectivity index (χ3n) is 6.02. The maximum atomic E-state index is 12.2. The van der Waals surface area contributed by atoms with Gasteiger partial charge in [0, 0.05) is 51.8 Å². The van der Waals surface area contributed by atoms with Gasteiger partial charge in [-0.1, -0.05) is 19.6 Å². The van der Waals surface area contributed by atoms with Gasteiger partial charge in [-0.3, -0.25) is 0 Å². The fraction of sp³-hybridized carbons (Fsp3) is 0.522. The van der Waals surface area contributed by atoms with Crippen LogP contribution in [0.5, 0.6) is 0 Å². The second-order valence-corrected chi connectivity index (χ2v) is 17.8. The maximum absolute atomic E-state index is 12.2. The molecule has 0 aliphatic carbocycles. The molecule has 1 unspecified atom stereocenters. The van der Waals surface area contributed by atoms with Gasteiger partial charge >= 0.3 is 0 Å². The molecule has 1 atom stereocenters. The predicted molar refractivity (Wildman–Crippen MR) is 138 cm³/mol. The van der Waals surface area contributed by atoms with Crippen LogP contribution >= 0.6 is 0 Å². The topological polar surface area (TPSA) is 102 Å². The molecule has 9 nitrogen and oxygen atoms in total. The van der Waals surface area contributed by atoms with Crippen LogP contribution in [0.3, 0.4) is 0 Å². The summed E-state index contributed by atoms with van der Waals surface area (Å²) >= 11 is 0. The number of ether oxygens (including phenoxy) is 1. The van der Waals surface area contributed by atoms with Gasteiger partial charge < -0.3 is 14.6 Å². The number of aromatic nitrogens is 4. The summed E-state index contributed by atoms with van der Waals surface area (Å²) in [7, 11) is -4.30. The van der Waals surface area contributed by atoms with E-state index in [0.717, 1.165) is 41.5 Å². The zero-order chi connectivity index (χ0) is 24.3. The van der Waals surface area contributed by atoms with E-state index in [4.69, 9.17) is 9.72 Å². The molecular weight excluding hydrogens is 468 g/mol. The third kappa shape index (κ3) is 5.83. The lowest BCUT2D eigenvalue weighted by Crippen LogP contribution is -2.32. The van der Waals surface area contributed by atoms with Crippen LogP contribution in [-0.2, 0) is 21.5 Å². The number of nitrogens with zero attached hydrogens (tertiary/aromatic N) is 5. The lowest BCUT2D eigenvalue weighted by atomic mass is 10.1. The van der Waals surface area contributed by atoms with E-state index in [2.05, 4.69) is 34.9 Å². The summed E-state index contributed by atoms with van der Waals surface area (Å²) in [5.74, 6) is 0.804. The van der Waals surface area contributed by atoms with Crippen molar-refractivity contribution in [1.29, 1.82) is 0 Å². The molecule has 1 saturated heterocycles. The summed E-state index contributed by atoms with van der Waals surface area (Å²) in [6.45, 7) is 10.9. The molecule has 4 heterocycles. The van der Waals surface area contributed by atoms with Gasteiger partial charge in [-0.05, 0) is 37.6 Å². The average Bonchev–Trinajstić information content (AvgIpc) is 3.44. The SMILES string of the molecule is CCS(=O)(=O)N1CCC(Nc2ncccc2-c2cnc3c(ccn3COCC[Si](C)(C)C)n2)C1. The largest absolute Gasteiger partial charge is 0.365 e. The van der Waals surface area contributed by atoms with E-state index >= 15 is 0 Å². The van der Waals surface area contributed by atoms with Crippen LogP contribution in [0.2, 0.25) is 25.7 Å². The summed E-state index contributed by atoms with van der Waals surface area (Å²) in [6.07, 6.45) is 6.17. The van der Waals surface area contributed by atoms with E-state index in [1.165, 1.54) is 0 Å². The average molecular weight is 503 g/mol. The monoisotopic (exact) mass is 502 g/mol. The molecule has 1 fully saturated rings. The highest BCUT2D eigenvalue weighted by Crippen LogP contribution is 2.28. The Morgan fingerprint density at radius 1 is 1.24 bits per heavy atom. The van der Waals surface area contributed by atoms with Crippen LogP contribution in [0.4, 0.5) is 5.82 Å². The minimum absolute atomic E-state index is 0.000979. The van der Waals surface area contributed by atoms with Crippen molar-refractivity contribution in [3.8, 4) is 11.3 Å². The van der Waals surface area contributed by atoms with Crippen LogP contribution in [0.25, 0.3) is 22.4 Å². The molecule has 0 saturated carbocycles. The Morgan fingerprint density at radius 3 is 2.82 bits per heavy atom. The van der Waals surface area contributed by atoms with Crippen LogP contribution in [-0.4, -0.2) is 71.8 Å². The van der Waals surface area contributed by atoms with E-state index < -0.39 is 18.1 Å². The number of sulfonamides is 1. The van der Waals surface area contributed by atoms with E-state index in [1.807, 2.05) is 29.0 Å². The molecular formula is C23H34N6O3SSi. The number of hydrogen-bond acceptors (Lipinski definition) is 7. The number of fused-ring (bicyclic) bond motifs is 1. The van der Waals surface area contributed by atoms with Crippen molar-refractivity contribution in [2.24, 2.45) is 0 Å². The summed E-state index contributed by atoms with van der Waals surface area (Å²) < 4.78 is 33.8. The van der Waals surface area contributed by atoms with Crippen molar-refractivity contribution in [3.63, 3.8) is 0 Å². The molecule has 184 valence electrons. The first-order chi connectivity index (χ1) is 16.2. The number of anilines is 1. The molecule has 4 rings (SSSR count). The summed E-state index contributed by atoms with van der Waals surface area (Å²) in [4.78, 5) is 14.0. The zero-order valence-electron chi connectivity index (χ0n) is 20.4. The van der Waals surface area contributed by atoms with Crippen molar-refractivity contribution in [2.45, 2.75) is 51.8 Å². The summed E-state index contributed by atoms with van der Waals surface area (Å²) in [6, 6.07) is 6.90. The summed E-state index contributed by atoms with van der Waals surface area (Å²) in [5.41, 5.74) is 3.14. The lowest BCUT2D eigenvalue weighted by Gasteiger charge is -2.18. The molecule has 0 spiro atoms. The fourth-order valence-electron chi connectivity index (χ4n) is 3.94. The van der Waals surface area contributed by atoms with Gasteiger partial charge in [-0.25, -0.2) is 23.4 Å². The zero-order valence-corrected chi connectivity index (χ0v) is 22.2. The first kappa shape index (κ1) is 24.8. The first-order valence-corrected chi connectivity index (χ1v) is 17.1. The normalized spacial score (nSPS) is 17.5. The molecule has 1 aliphatic heterocycles. The van der Waals surface area contributed by atoms with Crippen molar-refractivity contribution in [1.82, 2.24) is 23.8 Å². The minimum atomic E-state index is -3.18. The molecule has 0 radical (unpaired) electrons. The third-order valence-corrected chi connectivity index (χ3v) is 9.58. The Kier molecular flexibility index (Phi) is 7.36. The van der Waals surface area contributed by atoms with Gasteiger partial charge in [0.2, 0.25) is 10.0 Å². The smallest absolute Gasteiger partial charge is 0.213 e. The second-order valence-electron chi connectivity index (χ2n) is 9.89. The molecule has 0 bridgehead atoms. The van der Waals surface area contributed by atoms with Crippen LogP contribution in [0.1, 0.15) is 13.3 Å². The van der Waals surface area contributed by atoms with E-state index in [-0.39, 0.29) is 11.8 Å². The Bertz CT molecular complexity index is 1240. The van der Waals surface area contributed by atoms with E-state index in [0.29, 0.717) is 25.6 Å². The lowest BCUT2D eigenvalue weighted by molar-refractivity contribution is 0.0899. The Hall–Kier alpha value is -2.34. The molecule has 11 heteroatoms. The Morgan fingerprint density at radius 2 is 2.06 bits per heavy atom. The Balaban J connectivity index is 1.48. The number of rotatable bonds is 10. The van der Waals surface area contributed by atoms with Gasteiger partial charge in [-0.2, -0.15) is 4.31 Å². The van der Waals surface area contributed by atoms with E-state index in [9.17, 15) is 8.42 Å². The molecule has 1 N–H and O–H groups in total. The van der Waals surface area contributed by atoms with Crippen LogP contribution in [0.15, 0.2) is 36.8 Å². The summed E-state index contributed by atoms with van der Waals surface area (Å²) in [5, 5.41) is 3.43. The van der Waals surface area contributed by atoms with Gasteiger partial charge in [0.25, 0.3) is 0 Å². The molecule has 3 aromatic heterocycles. The standard InChI is InChI=1S/C23H34N6O3SSi/c1-5-33(30,31)29-12-8-18(16-29)26-22-19(7-6-10-24-22)21-15-25-23-20(27-21)9-11-28(23)17-32-13-14-34(2,3)4/h6-7,9-11,15,18H,5,8,12-14,16-17H2,1-4H3,(H,24,26). The van der Waals surface area contributed by atoms with Crippen molar-refractivity contribution >= 4 is 35.1 Å². The number of nitrogens with one attached hydrogen (secondary N) is 1. The molecule has 0 amide bonds. The highest BCUT2D eigenvalue weighted by atomic mass is 32.2. The highest BCUT2D eigenvalue weighted by molar-refractivity contribution is 7.89. The Labute approximate surface area is 202 Å². The van der Waals surface area contributed by atoms with Crippen LogP contribution < -0.4 is 5.32 Å². The fourth-order valence-corrected chi connectivity index (χ4v) is 5.85. The van der Waals surface area contributed by atoms with Gasteiger partial charge in [-0.15, -0.1) is 0 Å². The quantitative estimate of drug-likeness (QED) is 0.333. The van der Waals surface area contributed by atoms with Crippen molar-refractivity contribution < 1.29 is 13.2 Å². The molecule has 3 aromatic rings.